The van der Waals surface area contributed by atoms with Crippen molar-refractivity contribution in [2.45, 2.75) is 31.5 Å². The molecule has 2 atom stereocenters. The molecular formula is C30H35N5O3S2. The Bertz CT molecular complexity index is 1750. The molecule has 1 aliphatic heterocycles. The van der Waals surface area contributed by atoms with Crippen LogP contribution in [0.4, 0.5) is 0 Å². The van der Waals surface area contributed by atoms with E-state index in [0.29, 0.717) is 32.5 Å². The lowest BCUT2D eigenvalue weighted by Gasteiger charge is -2.47. The molecule has 0 fully saturated rings. The Kier molecular flexibility index (Phi) is 7.04. The molecule has 10 heteroatoms. The van der Waals surface area contributed by atoms with Gasteiger partial charge >= 0.3 is 0 Å². The molecule has 5 rings (SSSR count). The van der Waals surface area contributed by atoms with Crippen LogP contribution in [0.2, 0.25) is 0 Å². The molecule has 4 aromatic rings. The third-order valence-electron chi connectivity index (χ3n) is 7.65. The lowest BCUT2D eigenvalue weighted by molar-refractivity contribution is 0.0380. The molecule has 0 saturated carbocycles. The molecule has 0 aliphatic carbocycles. The number of pyridine rings is 1. The maximum atomic E-state index is 14.2. The lowest BCUT2D eigenvalue weighted by atomic mass is 9.82. The number of ether oxygens (including phenoxy) is 2. The van der Waals surface area contributed by atoms with Gasteiger partial charge in [0.2, 0.25) is 5.43 Å². The van der Waals surface area contributed by atoms with Crippen LogP contribution < -0.4 is 25.5 Å². The van der Waals surface area contributed by atoms with Gasteiger partial charge in [0.15, 0.2) is 10.2 Å². The number of aryl methyl sites for hydroxylation is 1. The quantitative estimate of drug-likeness (QED) is 0.274. The van der Waals surface area contributed by atoms with E-state index in [0.717, 1.165) is 27.4 Å². The van der Waals surface area contributed by atoms with E-state index in [1.54, 1.807) is 7.11 Å². The first-order valence-corrected chi connectivity index (χ1v) is 13.9. The fraction of sp³-hybridized carbons (Fsp3) is 0.367. The Hall–Kier alpha value is -3.63. The van der Waals surface area contributed by atoms with E-state index in [1.807, 2.05) is 89.2 Å². The molecule has 8 nitrogen and oxygen atoms in total. The Morgan fingerprint density at radius 2 is 1.60 bits per heavy atom. The molecule has 1 aromatic heterocycles. The summed E-state index contributed by atoms with van der Waals surface area (Å²) in [6.07, 6.45) is 0. The first kappa shape index (κ1) is 27.9. The molecule has 2 N–H and O–H groups in total. The zero-order chi connectivity index (χ0) is 29.1. The van der Waals surface area contributed by atoms with Crippen LogP contribution in [-0.2, 0) is 7.05 Å². The Morgan fingerprint density at radius 3 is 2.20 bits per heavy atom. The zero-order valence-corrected chi connectivity index (χ0v) is 25.7. The van der Waals surface area contributed by atoms with Crippen LogP contribution in [0.3, 0.4) is 0 Å². The minimum Gasteiger partial charge on any atom is -0.496 e. The summed E-state index contributed by atoms with van der Waals surface area (Å²) < 4.78 is 14.6. The minimum absolute atomic E-state index is 0.0967. The summed E-state index contributed by atoms with van der Waals surface area (Å²) >= 11 is 11.4. The number of hydrogen-bond donors (Lipinski definition) is 2. The van der Waals surface area contributed by atoms with Crippen molar-refractivity contribution in [1.29, 1.82) is 0 Å². The predicted octanol–water partition coefficient (Wildman–Crippen LogP) is 4.31. The fourth-order valence-electron chi connectivity index (χ4n) is 5.55. The van der Waals surface area contributed by atoms with Crippen LogP contribution in [0.25, 0.3) is 32.6 Å². The van der Waals surface area contributed by atoms with E-state index in [1.165, 1.54) is 0 Å². The zero-order valence-electron chi connectivity index (χ0n) is 24.1. The van der Waals surface area contributed by atoms with Gasteiger partial charge in [-0.1, -0.05) is 24.3 Å². The number of methoxy groups -OCH3 is 1. The molecule has 40 heavy (non-hydrogen) atoms. The van der Waals surface area contributed by atoms with E-state index in [9.17, 15) is 4.79 Å². The second-order valence-electron chi connectivity index (χ2n) is 11.2. The van der Waals surface area contributed by atoms with Crippen LogP contribution >= 0.6 is 24.4 Å². The van der Waals surface area contributed by atoms with Crippen molar-refractivity contribution in [3.8, 4) is 11.5 Å². The highest BCUT2D eigenvalue weighted by Crippen LogP contribution is 2.46. The number of fused-ring (bicyclic) bond motifs is 5. The monoisotopic (exact) mass is 577 g/mol. The van der Waals surface area contributed by atoms with E-state index in [2.05, 4.69) is 27.3 Å². The fourth-order valence-corrected chi connectivity index (χ4v) is 5.80. The van der Waals surface area contributed by atoms with E-state index >= 15 is 0 Å². The van der Waals surface area contributed by atoms with Crippen molar-refractivity contribution in [2.75, 3.05) is 35.3 Å². The van der Waals surface area contributed by atoms with E-state index < -0.39 is 11.6 Å². The summed E-state index contributed by atoms with van der Waals surface area (Å²) in [4.78, 5) is 17.9. The molecule has 210 valence electrons. The van der Waals surface area contributed by atoms with E-state index in [-0.39, 0.29) is 11.5 Å². The molecule has 0 spiro atoms. The maximum Gasteiger partial charge on any atom is 0.201 e. The van der Waals surface area contributed by atoms with Gasteiger partial charge in [-0.25, -0.2) is 0 Å². The van der Waals surface area contributed by atoms with Gasteiger partial charge in [-0.3, -0.25) is 4.79 Å². The summed E-state index contributed by atoms with van der Waals surface area (Å²) in [7, 11) is 11.1. The van der Waals surface area contributed by atoms with Crippen LogP contribution in [0, 0.1) is 0 Å². The van der Waals surface area contributed by atoms with Crippen LogP contribution in [0.5, 0.6) is 11.5 Å². The number of aromatic nitrogens is 1. The average molecular weight is 578 g/mol. The van der Waals surface area contributed by atoms with Crippen LogP contribution in [-0.4, -0.2) is 71.5 Å². The van der Waals surface area contributed by atoms with Gasteiger partial charge in [-0.2, -0.15) is 0 Å². The normalized spacial score (nSPS) is 17.7. The SMILES string of the molecule is COc1cc2c(c3c1c(=O)c1cc4ccccc4cc1n3C)[C@H](NC(=S)N(C)C)[C@H](NC(=S)N(C)C)C(C)(C)O2. The first-order valence-electron chi connectivity index (χ1n) is 13.1. The molecule has 0 saturated heterocycles. The van der Waals surface area contributed by atoms with Crippen molar-refractivity contribution in [3.05, 3.63) is 58.3 Å². The molecular weight excluding hydrogens is 542 g/mol. The number of nitrogens with zero attached hydrogens (tertiary/aromatic N) is 3. The van der Waals surface area contributed by atoms with Gasteiger partial charge in [0.25, 0.3) is 0 Å². The number of hydrogen-bond acceptors (Lipinski definition) is 5. The highest BCUT2D eigenvalue weighted by Gasteiger charge is 2.47. The molecule has 2 heterocycles. The minimum atomic E-state index is -0.711. The maximum absolute atomic E-state index is 14.2. The predicted molar refractivity (Wildman–Crippen MR) is 171 cm³/mol. The summed E-state index contributed by atoms with van der Waals surface area (Å²) in [5, 5.41) is 11.4. The molecule has 0 amide bonds. The lowest BCUT2D eigenvalue weighted by Crippen LogP contribution is -2.62. The van der Waals surface area contributed by atoms with Crippen LogP contribution in [0.1, 0.15) is 25.5 Å². The van der Waals surface area contributed by atoms with Crippen molar-refractivity contribution < 1.29 is 9.47 Å². The summed E-state index contributed by atoms with van der Waals surface area (Å²) in [6.45, 7) is 4.03. The Labute approximate surface area is 244 Å². The number of thiocarbonyl (C=S) groups is 2. The summed E-state index contributed by atoms with van der Waals surface area (Å²) in [6, 6.07) is 13.2. The number of rotatable bonds is 3. The molecule has 0 bridgehead atoms. The standard InChI is InChI=1S/C30H35N5O3S2/c1-30(2)27(32-29(40)34(5)6)24(31-28(39)33(3)4)22-21(38-30)15-20(37-8)23-25(22)35(7)19-14-17-12-10-9-11-16(17)13-18(19)26(23)36/h9-15,24,27H,1-8H3,(H,31,39)(H,32,40)/t24-,27-/m0/s1. The van der Waals surface area contributed by atoms with Gasteiger partial charge in [0.05, 0.1) is 35.6 Å². The number of benzene rings is 3. The smallest absolute Gasteiger partial charge is 0.201 e. The molecule has 3 aromatic carbocycles. The van der Waals surface area contributed by atoms with E-state index in [4.69, 9.17) is 33.9 Å². The third kappa shape index (κ3) is 4.49. The van der Waals surface area contributed by atoms with Crippen molar-refractivity contribution >= 4 is 67.2 Å². The highest BCUT2D eigenvalue weighted by molar-refractivity contribution is 7.80. The van der Waals surface area contributed by atoms with Crippen LogP contribution in [0.15, 0.2) is 47.3 Å². The van der Waals surface area contributed by atoms with Gasteiger partial charge in [0, 0.05) is 52.3 Å². The van der Waals surface area contributed by atoms with Gasteiger partial charge in [-0.05, 0) is 61.2 Å². The Balaban J connectivity index is 1.91. The summed E-state index contributed by atoms with van der Waals surface area (Å²) in [5.41, 5.74) is 1.55. The molecule has 1 aliphatic rings. The summed E-state index contributed by atoms with van der Waals surface area (Å²) in [5.74, 6) is 1.08. The van der Waals surface area contributed by atoms with Gasteiger partial charge in [-0.15, -0.1) is 0 Å². The highest BCUT2D eigenvalue weighted by atomic mass is 32.1. The second kappa shape index (κ2) is 10.1. The average Bonchev–Trinajstić information content (AvgIpc) is 2.91. The second-order valence-corrected chi connectivity index (χ2v) is 11.9. The van der Waals surface area contributed by atoms with Crippen molar-refractivity contribution in [3.63, 3.8) is 0 Å². The molecule has 0 unspecified atom stereocenters. The van der Waals surface area contributed by atoms with Gasteiger partial charge < -0.3 is 34.5 Å². The largest absolute Gasteiger partial charge is 0.496 e. The van der Waals surface area contributed by atoms with Crippen molar-refractivity contribution in [1.82, 2.24) is 25.0 Å². The third-order valence-corrected chi connectivity index (χ3v) is 8.62. The van der Waals surface area contributed by atoms with Crippen molar-refractivity contribution in [2.24, 2.45) is 7.05 Å². The molecule has 0 radical (unpaired) electrons. The first-order chi connectivity index (χ1) is 18.9. The Morgan fingerprint density at radius 1 is 1.00 bits per heavy atom. The topological polar surface area (TPSA) is 71.0 Å². The number of nitrogens with one attached hydrogen (secondary N) is 2. The van der Waals surface area contributed by atoms with Gasteiger partial charge in [0.1, 0.15) is 17.1 Å².